The molecule has 1 aliphatic rings. The van der Waals surface area contributed by atoms with E-state index in [1.807, 2.05) is 0 Å². The number of halogens is 2. The lowest BCUT2D eigenvalue weighted by Crippen LogP contribution is -2.39. The summed E-state index contributed by atoms with van der Waals surface area (Å²) in [6, 6.07) is 12.4. The lowest BCUT2D eigenvalue weighted by molar-refractivity contribution is -0.139. The van der Waals surface area contributed by atoms with E-state index in [9.17, 15) is 14.0 Å². The fourth-order valence-electron chi connectivity index (χ4n) is 3.49. The summed E-state index contributed by atoms with van der Waals surface area (Å²) >= 11 is 7.19. The molecule has 8 heteroatoms. The number of rotatable bonds is 4. The molecule has 0 saturated carbocycles. The lowest BCUT2D eigenvalue weighted by atomic mass is 9.96. The van der Waals surface area contributed by atoms with Gasteiger partial charge in [-0.05, 0) is 43.7 Å². The molecule has 0 bridgehead atoms. The van der Waals surface area contributed by atoms with Crippen molar-refractivity contribution >= 4 is 35.0 Å². The van der Waals surface area contributed by atoms with Gasteiger partial charge in [-0.25, -0.2) is 14.2 Å². The highest BCUT2D eigenvalue weighted by atomic mass is 35.5. The quantitative estimate of drug-likeness (QED) is 0.564. The third kappa shape index (κ3) is 3.98. The Morgan fingerprint density at radius 1 is 1.26 bits per heavy atom. The zero-order chi connectivity index (χ0) is 22.1. The number of esters is 1. The van der Waals surface area contributed by atoms with Gasteiger partial charge in [-0.2, -0.15) is 0 Å². The first-order chi connectivity index (χ1) is 14.9. The summed E-state index contributed by atoms with van der Waals surface area (Å²) in [5, 5.41) is 0.536. The molecule has 1 aromatic heterocycles. The van der Waals surface area contributed by atoms with E-state index in [0.717, 1.165) is 11.3 Å². The van der Waals surface area contributed by atoms with E-state index in [2.05, 4.69) is 4.99 Å². The van der Waals surface area contributed by atoms with Crippen LogP contribution in [0.2, 0.25) is 5.02 Å². The highest BCUT2D eigenvalue weighted by molar-refractivity contribution is 7.07. The van der Waals surface area contributed by atoms with Crippen molar-refractivity contribution in [3.05, 3.63) is 101 Å². The highest BCUT2D eigenvalue weighted by Gasteiger charge is 2.33. The first kappa shape index (κ1) is 21.2. The number of thiazole rings is 1. The Kier molecular flexibility index (Phi) is 5.89. The molecule has 5 nitrogen and oxygen atoms in total. The smallest absolute Gasteiger partial charge is 0.338 e. The van der Waals surface area contributed by atoms with Crippen LogP contribution >= 0.6 is 22.9 Å². The van der Waals surface area contributed by atoms with E-state index < -0.39 is 17.8 Å². The largest absolute Gasteiger partial charge is 0.463 e. The predicted octanol–water partition coefficient (Wildman–Crippen LogP) is 3.59. The van der Waals surface area contributed by atoms with Crippen LogP contribution in [-0.4, -0.2) is 17.1 Å². The van der Waals surface area contributed by atoms with Crippen molar-refractivity contribution in [2.75, 3.05) is 6.61 Å². The molecule has 4 rings (SSSR count). The molecule has 0 spiro atoms. The normalized spacial score (nSPS) is 16.1. The summed E-state index contributed by atoms with van der Waals surface area (Å²) in [5.41, 5.74) is 1.39. The minimum absolute atomic E-state index is 0.195. The van der Waals surface area contributed by atoms with Crippen LogP contribution in [0.15, 0.2) is 69.6 Å². The van der Waals surface area contributed by atoms with Gasteiger partial charge in [-0.1, -0.05) is 53.3 Å². The van der Waals surface area contributed by atoms with Crippen molar-refractivity contribution in [3.8, 4) is 0 Å². The van der Waals surface area contributed by atoms with Gasteiger partial charge in [0.15, 0.2) is 4.80 Å². The number of carbonyl (C=O) groups excluding carboxylic acids is 1. The van der Waals surface area contributed by atoms with Crippen LogP contribution in [0.3, 0.4) is 0 Å². The second kappa shape index (κ2) is 8.61. The number of allylic oxidation sites excluding steroid dienone is 1. The van der Waals surface area contributed by atoms with Crippen molar-refractivity contribution in [2.45, 2.75) is 19.9 Å². The molecule has 3 aromatic rings. The fourth-order valence-corrected chi connectivity index (χ4v) is 4.65. The second-order valence-corrected chi connectivity index (χ2v) is 8.32. The highest BCUT2D eigenvalue weighted by Crippen LogP contribution is 2.31. The van der Waals surface area contributed by atoms with Crippen molar-refractivity contribution in [1.82, 2.24) is 4.57 Å². The second-order valence-electron chi connectivity index (χ2n) is 6.88. The summed E-state index contributed by atoms with van der Waals surface area (Å²) in [5.74, 6) is -0.960. The minimum Gasteiger partial charge on any atom is -0.463 e. The maximum absolute atomic E-state index is 14.1. The monoisotopic (exact) mass is 456 g/mol. The van der Waals surface area contributed by atoms with E-state index in [0.29, 0.717) is 31.2 Å². The number of ether oxygens (including phenoxy) is 1. The Morgan fingerprint density at radius 3 is 2.65 bits per heavy atom. The summed E-state index contributed by atoms with van der Waals surface area (Å²) in [4.78, 5) is 31.1. The Balaban J connectivity index is 1.97. The van der Waals surface area contributed by atoms with Gasteiger partial charge in [0.25, 0.3) is 5.56 Å². The topological polar surface area (TPSA) is 60.7 Å². The Hall–Kier alpha value is -3.03. The van der Waals surface area contributed by atoms with Gasteiger partial charge >= 0.3 is 5.97 Å². The summed E-state index contributed by atoms with van der Waals surface area (Å²) in [6.07, 6.45) is 1.50. The van der Waals surface area contributed by atoms with Gasteiger partial charge in [0.05, 0.1) is 28.5 Å². The van der Waals surface area contributed by atoms with Crippen molar-refractivity contribution in [2.24, 2.45) is 4.99 Å². The van der Waals surface area contributed by atoms with Gasteiger partial charge in [0.2, 0.25) is 0 Å². The molecule has 0 saturated heterocycles. The number of hydrogen-bond acceptors (Lipinski definition) is 5. The van der Waals surface area contributed by atoms with Gasteiger partial charge in [-0.3, -0.25) is 9.36 Å². The number of nitrogens with zero attached hydrogens (tertiary/aromatic N) is 2. The van der Waals surface area contributed by atoms with Crippen molar-refractivity contribution < 1.29 is 13.9 Å². The van der Waals surface area contributed by atoms with Crippen LogP contribution < -0.4 is 14.9 Å². The molecule has 158 valence electrons. The third-order valence-electron chi connectivity index (χ3n) is 4.89. The molecule has 31 heavy (non-hydrogen) atoms. The van der Waals surface area contributed by atoms with E-state index in [1.165, 1.54) is 16.7 Å². The zero-order valence-corrected chi connectivity index (χ0v) is 18.3. The third-order valence-corrected chi connectivity index (χ3v) is 6.13. The molecule has 0 fully saturated rings. The van der Waals surface area contributed by atoms with Crippen LogP contribution in [0, 0.1) is 5.82 Å². The Bertz CT molecular complexity index is 1370. The van der Waals surface area contributed by atoms with Crippen LogP contribution in [-0.2, 0) is 9.53 Å². The van der Waals surface area contributed by atoms with Crippen LogP contribution in [0.25, 0.3) is 6.08 Å². The van der Waals surface area contributed by atoms with Crippen molar-refractivity contribution in [3.63, 3.8) is 0 Å². The first-order valence-electron chi connectivity index (χ1n) is 9.60. The lowest BCUT2D eigenvalue weighted by Gasteiger charge is -2.24. The van der Waals surface area contributed by atoms with Crippen LogP contribution in [0.4, 0.5) is 4.39 Å². The Labute approximate surface area is 186 Å². The van der Waals surface area contributed by atoms with Gasteiger partial charge in [0.1, 0.15) is 5.82 Å². The molecular weight excluding hydrogens is 439 g/mol. The SMILES string of the molecule is CCOC(=O)C1=C(C)N=c2s/c(=C\c3ccccc3F)c(=O)n2C1c1ccc(Cl)cc1. The van der Waals surface area contributed by atoms with Gasteiger partial charge in [0, 0.05) is 10.6 Å². The summed E-state index contributed by atoms with van der Waals surface area (Å²) in [6.45, 7) is 3.62. The molecule has 0 aliphatic carbocycles. The molecule has 2 aromatic carbocycles. The van der Waals surface area contributed by atoms with Gasteiger partial charge in [-0.15, -0.1) is 0 Å². The number of benzene rings is 2. The van der Waals surface area contributed by atoms with E-state index in [4.69, 9.17) is 16.3 Å². The molecule has 2 heterocycles. The number of hydrogen-bond donors (Lipinski definition) is 0. The van der Waals surface area contributed by atoms with Crippen LogP contribution in [0.5, 0.6) is 0 Å². The molecule has 0 amide bonds. The molecule has 0 N–H and O–H groups in total. The summed E-state index contributed by atoms with van der Waals surface area (Å²) in [7, 11) is 0. The maximum atomic E-state index is 14.1. The minimum atomic E-state index is -0.727. The fraction of sp³-hybridized carbons (Fsp3) is 0.174. The molecule has 0 radical (unpaired) electrons. The molecule has 1 aliphatic heterocycles. The van der Waals surface area contributed by atoms with E-state index in [-0.39, 0.29) is 17.7 Å². The zero-order valence-electron chi connectivity index (χ0n) is 16.8. The van der Waals surface area contributed by atoms with E-state index in [1.54, 1.807) is 56.3 Å². The molecule has 1 unspecified atom stereocenters. The van der Waals surface area contributed by atoms with Gasteiger partial charge < -0.3 is 4.74 Å². The molecule has 1 atom stereocenters. The predicted molar refractivity (Wildman–Crippen MR) is 118 cm³/mol. The summed E-state index contributed by atoms with van der Waals surface area (Å²) < 4.78 is 21.2. The van der Waals surface area contributed by atoms with Crippen molar-refractivity contribution in [1.29, 1.82) is 0 Å². The standard InChI is InChI=1S/C23H18ClFN2O3S/c1-3-30-22(29)19-13(2)26-23-27(20(19)14-8-10-16(24)11-9-14)21(28)18(31-23)12-15-6-4-5-7-17(15)25/h4-12,20H,3H2,1-2H3/b18-12-. The molecular formula is C23H18ClFN2O3S. The van der Waals surface area contributed by atoms with E-state index >= 15 is 0 Å². The maximum Gasteiger partial charge on any atom is 0.338 e. The number of carbonyl (C=O) groups is 1. The number of aromatic nitrogens is 1. The Morgan fingerprint density at radius 2 is 1.97 bits per heavy atom. The number of fused-ring (bicyclic) bond motifs is 1. The van der Waals surface area contributed by atoms with Crippen LogP contribution in [0.1, 0.15) is 31.0 Å². The first-order valence-corrected chi connectivity index (χ1v) is 10.8. The average Bonchev–Trinajstić information content (AvgIpc) is 3.04. The average molecular weight is 457 g/mol.